The van der Waals surface area contributed by atoms with E-state index in [1.807, 2.05) is 0 Å². The number of rotatable bonds is 6. The minimum atomic E-state index is 0.107. The smallest absolute Gasteiger partial charge is 0.224 e. The van der Waals surface area contributed by atoms with E-state index < -0.39 is 0 Å². The van der Waals surface area contributed by atoms with Crippen LogP contribution in [0.2, 0.25) is 0 Å². The Morgan fingerprint density at radius 1 is 1.11 bits per heavy atom. The summed E-state index contributed by atoms with van der Waals surface area (Å²) in [6, 6.07) is 17.5. The van der Waals surface area contributed by atoms with Gasteiger partial charge in [0.1, 0.15) is 0 Å². The first kappa shape index (κ1) is 19.2. The number of carbonyl (C=O) groups is 1. The molecule has 148 valence electrons. The zero-order chi connectivity index (χ0) is 19.3. The lowest BCUT2D eigenvalue weighted by atomic mass is 9.88. The highest BCUT2D eigenvalue weighted by Crippen LogP contribution is 2.27. The predicted octanol–water partition coefficient (Wildman–Crippen LogP) is 4.65. The number of fused-ring (bicyclic) bond motifs is 1. The molecule has 0 radical (unpaired) electrons. The van der Waals surface area contributed by atoms with Gasteiger partial charge in [-0.1, -0.05) is 55.5 Å². The van der Waals surface area contributed by atoms with Crippen molar-refractivity contribution in [2.24, 2.45) is 5.92 Å². The quantitative estimate of drug-likeness (QED) is 0.795. The van der Waals surface area contributed by atoms with Gasteiger partial charge in [-0.25, -0.2) is 0 Å². The third-order valence-electron chi connectivity index (χ3n) is 6.39. The first-order chi connectivity index (χ1) is 13.7. The van der Waals surface area contributed by atoms with Crippen LogP contribution in [0.5, 0.6) is 0 Å². The molecule has 1 fully saturated rings. The molecule has 0 spiro atoms. The van der Waals surface area contributed by atoms with Gasteiger partial charge in [-0.3, -0.25) is 9.69 Å². The number of nitrogens with one attached hydrogen (secondary N) is 1. The molecule has 1 heterocycles. The maximum absolute atomic E-state index is 12.9. The predicted molar refractivity (Wildman–Crippen MR) is 114 cm³/mol. The van der Waals surface area contributed by atoms with E-state index in [1.165, 1.54) is 47.9 Å². The van der Waals surface area contributed by atoms with Crippen LogP contribution in [0.3, 0.4) is 0 Å². The molecule has 3 heteroatoms. The summed E-state index contributed by atoms with van der Waals surface area (Å²) >= 11 is 0. The first-order valence-corrected chi connectivity index (χ1v) is 10.9. The van der Waals surface area contributed by atoms with Gasteiger partial charge in [0.2, 0.25) is 5.91 Å². The van der Waals surface area contributed by atoms with Crippen molar-refractivity contribution in [3.05, 3.63) is 70.8 Å². The third kappa shape index (κ3) is 4.47. The summed E-state index contributed by atoms with van der Waals surface area (Å²) in [7, 11) is 0. The lowest BCUT2D eigenvalue weighted by molar-refractivity contribution is -0.125. The molecule has 1 amide bonds. The van der Waals surface area contributed by atoms with Gasteiger partial charge in [0, 0.05) is 13.1 Å². The highest BCUT2D eigenvalue weighted by molar-refractivity contribution is 5.79. The van der Waals surface area contributed by atoms with Gasteiger partial charge in [-0.2, -0.15) is 0 Å². The molecule has 0 saturated carbocycles. The van der Waals surface area contributed by atoms with Gasteiger partial charge in [-0.15, -0.1) is 0 Å². The SMILES string of the molecule is CCC(NC(=O)C1CCN(Cc2ccccc2)C1)c1ccc2c(c1)CCCC2. The molecule has 0 aromatic heterocycles. The Bertz CT molecular complexity index is 801. The van der Waals surface area contributed by atoms with Crippen LogP contribution in [0.1, 0.15) is 60.9 Å². The van der Waals surface area contributed by atoms with E-state index >= 15 is 0 Å². The molecule has 3 nitrogen and oxygen atoms in total. The van der Waals surface area contributed by atoms with Crippen LogP contribution in [0.25, 0.3) is 0 Å². The lowest BCUT2D eigenvalue weighted by Gasteiger charge is -2.23. The summed E-state index contributed by atoms with van der Waals surface area (Å²) in [5, 5.41) is 3.35. The largest absolute Gasteiger partial charge is 0.349 e. The molecule has 2 aromatic rings. The summed E-state index contributed by atoms with van der Waals surface area (Å²) in [6.45, 7) is 4.97. The fourth-order valence-corrected chi connectivity index (χ4v) is 4.71. The number of amides is 1. The second-order valence-corrected chi connectivity index (χ2v) is 8.41. The molecule has 1 saturated heterocycles. The maximum atomic E-state index is 12.9. The third-order valence-corrected chi connectivity index (χ3v) is 6.39. The van der Waals surface area contributed by atoms with Gasteiger partial charge >= 0.3 is 0 Å². The number of likely N-dealkylation sites (tertiary alicyclic amines) is 1. The maximum Gasteiger partial charge on any atom is 0.224 e. The zero-order valence-corrected chi connectivity index (χ0v) is 17.0. The van der Waals surface area contributed by atoms with Crippen LogP contribution in [0.4, 0.5) is 0 Å². The number of hydrogen-bond donors (Lipinski definition) is 1. The Morgan fingerprint density at radius 2 is 1.89 bits per heavy atom. The highest BCUT2D eigenvalue weighted by atomic mass is 16.2. The normalized spacial score (nSPS) is 20.5. The van der Waals surface area contributed by atoms with Crippen molar-refractivity contribution in [1.82, 2.24) is 10.2 Å². The van der Waals surface area contributed by atoms with Crippen molar-refractivity contribution < 1.29 is 4.79 Å². The van der Waals surface area contributed by atoms with Crippen molar-refractivity contribution in [2.45, 2.75) is 58.0 Å². The lowest BCUT2D eigenvalue weighted by Crippen LogP contribution is -2.35. The average molecular weight is 377 g/mol. The average Bonchev–Trinajstić information content (AvgIpc) is 3.21. The van der Waals surface area contributed by atoms with Crippen LogP contribution >= 0.6 is 0 Å². The van der Waals surface area contributed by atoms with Crippen LogP contribution in [0.15, 0.2) is 48.5 Å². The Morgan fingerprint density at radius 3 is 2.68 bits per heavy atom. The highest BCUT2D eigenvalue weighted by Gasteiger charge is 2.29. The van der Waals surface area contributed by atoms with Gasteiger partial charge in [0.15, 0.2) is 0 Å². The van der Waals surface area contributed by atoms with Crippen molar-refractivity contribution in [2.75, 3.05) is 13.1 Å². The van der Waals surface area contributed by atoms with Crippen LogP contribution in [0, 0.1) is 5.92 Å². The zero-order valence-electron chi connectivity index (χ0n) is 17.0. The molecule has 1 aliphatic heterocycles. The summed E-state index contributed by atoms with van der Waals surface area (Å²) in [6.07, 6.45) is 6.88. The number of benzene rings is 2. The fourth-order valence-electron chi connectivity index (χ4n) is 4.71. The molecule has 1 aliphatic carbocycles. The molecular weight excluding hydrogens is 344 g/mol. The summed E-state index contributed by atoms with van der Waals surface area (Å²) in [5.41, 5.74) is 5.59. The first-order valence-electron chi connectivity index (χ1n) is 10.9. The van der Waals surface area contributed by atoms with E-state index in [-0.39, 0.29) is 17.9 Å². The van der Waals surface area contributed by atoms with Crippen molar-refractivity contribution in [3.63, 3.8) is 0 Å². The van der Waals surface area contributed by atoms with Crippen molar-refractivity contribution >= 4 is 5.91 Å². The number of aryl methyl sites for hydroxylation is 2. The molecule has 2 aromatic carbocycles. The topological polar surface area (TPSA) is 32.3 Å². The molecule has 1 N–H and O–H groups in total. The van der Waals surface area contributed by atoms with Gasteiger partial charge < -0.3 is 5.32 Å². The van der Waals surface area contributed by atoms with E-state index in [9.17, 15) is 4.79 Å². The summed E-state index contributed by atoms with van der Waals surface area (Å²) in [4.78, 5) is 15.3. The van der Waals surface area contributed by atoms with Gasteiger partial charge in [0.05, 0.1) is 12.0 Å². The Hall–Kier alpha value is -2.13. The van der Waals surface area contributed by atoms with Crippen molar-refractivity contribution in [3.8, 4) is 0 Å². The minimum absolute atomic E-state index is 0.107. The Kier molecular flexibility index (Phi) is 6.11. The molecule has 2 aliphatic rings. The molecule has 0 bridgehead atoms. The van der Waals surface area contributed by atoms with Crippen LogP contribution < -0.4 is 5.32 Å². The van der Waals surface area contributed by atoms with E-state index in [1.54, 1.807) is 0 Å². The monoisotopic (exact) mass is 376 g/mol. The van der Waals surface area contributed by atoms with E-state index in [2.05, 4.69) is 65.7 Å². The number of hydrogen-bond acceptors (Lipinski definition) is 2. The molecule has 28 heavy (non-hydrogen) atoms. The van der Waals surface area contributed by atoms with Crippen molar-refractivity contribution in [1.29, 1.82) is 0 Å². The second kappa shape index (κ2) is 8.91. The molecule has 2 atom stereocenters. The van der Waals surface area contributed by atoms with E-state index in [4.69, 9.17) is 0 Å². The molecular formula is C25H32N2O. The number of carbonyl (C=O) groups excluding carboxylic acids is 1. The molecule has 2 unspecified atom stereocenters. The van der Waals surface area contributed by atoms with Crippen LogP contribution in [-0.4, -0.2) is 23.9 Å². The fraction of sp³-hybridized carbons (Fsp3) is 0.480. The standard InChI is InChI=1S/C25H32N2O/c1-2-24(22-13-12-20-10-6-7-11-21(20)16-22)26-25(28)23-14-15-27(18-23)17-19-8-4-3-5-9-19/h3-5,8-9,12-13,16,23-24H,2,6-7,10-11,14-15,17-18H2,1H3,(H,26,28). The van der Waals surface area contributed by atoms with Gasteiger partial charge in [0.25, 0.3) is 0 Å². The minimum Gasteiger partial charge on any atom is -0.349 e. The van der Waals surface area contributed by atoms with Crippen LogP contribution in [-0.2, 0) is 24.2 Å². The Labute approximate surface area is 169 Å². The van der Waals surface area contributed by atoms with Gasteiger partial charge in [-0.05, 0) is 67.3 Å². The molecule has 4 rings (SSSR count). The second-order valence-electron chi connectivity index (χ2n) is 8.41. The Balaban J connectivity index is 1.36. The summed E-state index contributed by atoms with van der Waals surface area (Å²) < 4.78 is 0. The number of nitrogens with zero attached hydrogens (tertiary/aromatic N) is 1. The summed E-state index contributed by atoms with van der Waals surface area (Å²) in [5.74, 6) is 0.329. The van der Waals surface area contributed by atoms with E-state index in [0.717, 1.165) is 32.5 Å². The van der Waals surface area contributed by atoms with E-state index in [0.29, 0.717) is 0 Å².